The number of para-hydroxylation sites is 1. The Kier molecular flexibility index (Phi) is 5.60. The summed E-state index contributed by atoms with van der Waals surface area (Å²) < 4.78 is 23.5. The van der Waals surface area contributed by atoms with Crippen LogP contribution in [0.2, 0.25) is 0 Å². The fraction of sp³-hybridized carbons (Fsp3) is 0.300. The van der Waals surface area contributed by atoms with Gasteiger partial charge in [0, 0.05) is 29.4 Å². The van der Waals surface area contributed by atoms with Crippen molar-refractivity contribution in [2.45, 2.75) is 19.4 Å². The van der Waals surface area contributed by atoms with Gasteiger partial charge in [0.2, 0.25) is 0 Å². The lowest BCUT2D eigenvalue weighted by Gasteiger charge is -2.27. The summed E-state index contributed by atoms with van der Waals surface area (Å²) in [6, 6.07) is 15.3. The zero-order chi connectivity index (χ0) is 19.4. The van der Waals surface area contributed by atoms with E-state index in [0.29, 0.717) is 29.8 Å². The van der Waals surface area contributed by atoms with Crippen LogP contribution >= 0.6 is 0 Å². The van der Waals surface area contributed by atoms with Gasteiger partial charge in [-0.1, -0.05) is 24.3 Å². The molecule has 1 fully saturated rings. The maximum absolute atomic E-state index is 12.9. The lowest BCUT2D eigenvalue weighted by molar-refractivity contribution is 0.0708. The van der Waals surface area contributed by atoms with Crippen LogP contribution in [0, 0.1) is 0 Å². The second-order valence-corrected chi connectivity index (χ2v) is 8.78. The maximum Gasteiger partial charge on any atom is 0.255 e. The number of nitrogens with zero attached hydrogens (tertiary/aromatic N) is 1. The number of hydrogen-bond acceptors (Lipinski definition) is 4. The van der Waals surface area contributed by atoms with Crippen molar-refractivity contribution in [3.8, 4) is 0 Å². The molecule has 1 atom stereocenters. The topological polar surface area (TPSA) is 83.6 Å². The number of rotatable bonds is 5. The molecule has 1 aliphatic rings. The van der Waals surface area contributed by atoms with Gasteiger partial charge in [0.1, 0.15) is 0 Å². The predicted molar refractivity (Wildman–Crippen MR) is 105 cm³/mol. The minimum absolute atomic E-state index is 0.000758. The van der Waals surface area contributed by atoms with Crippen molar-refractivity contribution in [3.63, 3.8) is 0 Å². The van der Waals surface area contributed by atoms with Crippen molar-refractivity contribution in [3.05, 3.63) is 65.7 Å². The lowest BCUT2D eigenvalue weighted by Crippen LogP contribution is -2.41. The first-order valence-corrected chi connectivity index (χ1v) is 10.7. The van der Waals surface area contributed by atoms with E-state index in [9.17, 15) is 18.0 Å². The van der Waals surface area contributed by atoms with Gasteiger partial charge in [0.25, 0.3) is 11.8 Å². The summed E-state index contributed by atoms with van der Waals surface area (Å²) in [6.07, 6.45) is 0.454. The van der Waals surface area contributed by atoms with Gasteiger partial charge in [-0.2, -0.15) is 0 Å². The van der Waals surface area contributed by atoms with E-state index in [4.69, 9.17) is 0 Å². The molecular formula is C20H22N2O4S. The average Bonchev–Trinajstić information content (AvgIpc) is 3.02. The first-order chi connectivity index (χ1) is 12.9. The lowest BCUT2D eigenvalue weighted by atomic mass is 10.1. The van der Waals surface area contributed by atoms with Gasteiger partial charge < -0.3 is 10.2 Å². The Hall–Kier alpha value is -2.67. The number of benzene rings is 2. The monoisotopic (exact) mass is 386 g/mol. The zero-order valence-electron chi connectivity index (χ0n) is 15.1. The third-order valence-corrected chi connectivity index (χ3v) is 6.40. The van der Waals surface area contributed by atoms with Crippen LogP contribution in [-0.4, -0.2) is 49.2 Å². The molecule has 0 spiro atoms. The van der Waals surface area contributed by atoms with Crippen LogP contribution < -0.4 is 5.32 Å². The van der Waals surface area contributed by atoms with Gasteiger partial charge in [-0.05, 0) is 43.7 Å². The minimum atomic E-state index is -3.08. The first kappa shape index (κ1) is 19.1. The molecule has 1 aliphatic heterocycles. The molecule has 1 saturated heterocycles. The van der Waals surface area contributed by atoms with E-state index < -0.39 is 9.84 Å². The molecule has 2 amide bonds. The first-order valence-electron chi connectivity index (χ1n) is 8.87. The molecule has 0 aromatic heterocycles. The Bertz CT molecular complexity index is 941. The highest BCUT2D eigenvalue weighted by Crippen LogP contribution is 2.20. The van der Waals surface area contributed by atoms with Crippen molar-refractivity contribution in [2.75, 3.05) is 23.4 Å². The summed E-state index contributed by atoms with van der Waals surface area (Å²) in [6.45, 7) is 2.24. The van der Waals surface area contributed by atoms with E-state index >= 15 is 0 Å². The molecule has 0 aliphatic carbocycles. The minimum Gasteiger partial charge on any atom is -0.335 e. The predicted octanol–water partition coefficient (Wildman–Crippen LogP) is 2.59. The van der Waals surface area contributed by atoms with Gasteiger partial charge in [-0.3, -0.25) is 9.59 Å². The highest BCUT2D eigenvalue weighted by Gasteiger charge is 2.34. The molecule has 1 heterocycles. The van der Waals surface area contributed by atoms with Crippen molar-refractivity contribution < 1.29 is 18.0 Å². The van der Waals surface area contributed by atoms with Crippen LogP contribution in [0.3, 0.4) is 0 Å². The Morgan fingerprint density at radius 3 is 2.41 bits per heavy atom. The zero-order valence-corrected chi connectivity index (χ0v) is 15.9. The summed E-state index contributed by atoms with van der Waals surface area (Å²) in [5, 5.41) is 2.79. The summed E-state index contributed by atoms with van der Waals surface area (Å²) in [4.78, 5) is 26.9. The quantitative estimate of drug-likeness (QED) is 0.856. The van der Waals surface area contributed by atoms with E-state index in [1.54, 1.807) is 41.3 Å². The van der Waals surface area contributed by atoms with Gasteiger partial charge in [0.15, 0.2) is 9.84 Å². The van der Waals surface area contributed by atoms with E-state index in [2.05, 4.69) is 5.32 Å². The highest BCUT2D eigenvalue weighted by molar-refractivity contribution is 7.91. The van der Waals surface area contributed by atoms with Crippen molar-refractivity contribution in [2.24, 2.45) is 0 Å². The van der Waals surface area contributed by atoms with E-state index in [0.717, 1.165) is 0 Å². The van der Waals surface area contributed by atoms with Gasteiger partial charge in [0.05, 0.1) is 11.5 Å². The molecule has 7 heteroatoms. The molecule has 0 saturated carbocycles. The molecule has 0 radical (unpaired) electrons. The smallest absolute Gasteiger partial charge is 0.255 e. The number of anilines is 1. The highest BCUT2D eigenvalue weighted by atomic mass is 32.2. The summed E-state index contributed by atoms with van der Waals surface area (Å²) in [5.41, 5.74) is 1.42. The van der Waals surface area contributed by atoms with E-state index in [-0.39, 0.29) is 29.4 Å². The molecule has 27 heavy (non-hydrogen) atoms. The Morgan fingerprint density at radius 1 is 1.07 bits per heavy atom. The normalized spacial score (nSPS) is 18.0. The van der Waals surface area contributed by atoms with Gasteiger partial charge in [-0.25, -0.2) is 8.42 Å². The maximum atomic E-state index is 12.9. The molecule has 142 valence electrons. The molecule has 1 unspecified atom stereocenters. The number of amides is 2. The van der Waals surface area contributed by atoms with Crippen LogP contribution in [0.15, 0.2) is 54.6 Å². The fourth-order valence-electron chi connectivity index (χ4n) is 3.27. The number of sulfone groups is 1. The van der Waals surface area contributed by atoms with Crippen LogP contribution in [-0.2, 0) is 9.84 Å². The van der Waals surface area contributed by atoms with Crippen LogP contribution in [0.1, 0.15) is 34.1 Å². The molecule has 1 N–H and O–H groups in total. The van der Waals surface area contributed by atoms with E-state index in [1.165, 1.54) is 0 Å². The van der Waals surface area contributed by atoms with Gasteiger partial charge in [-0.15, -0.1) is 0 Å². The standard InChI is InChI=1S/C20H22N2O4S/c1-2-22(18-11-12-27(25,26)14-18)20(24)16-8-6-7-15(13-16)19(23)21-17-9-4-3-5-10-17/h3-10,13,18H,2,11-12,14H2,1H3,(H,21,23). The second-order valence-electron chi connectivity index (χ2n) is 6.55. The Balaban J connectivity index is 1.77. The second kappa shape index (κ2) is 7.92. The Morgan fingerprint density at radius 2 is 1.78 bits per heavy atom. The third kappa shape index (κ3) is 4.54. The molecule has 0 bridgehead atoms. The van der Waals surface area contributed by atoms with Crippen LogP contribution in [0.5, 0.6) is 0 Å². The fourth-order valence-corrected chi connectivity index (χ4v) is 5.00. The molecular weight excluding hydrogens is 364 g/mol. The third-order valence-electron chi connectivity index (χ3n) is 4.65. The summed E-state index contributed by atoms with van der Waals surface area (Å²) in [7, 11) is -3.08. The number of nitrogens with one attached hydrogen (secondary N) is 1. The number of carbonyl (C=O) groups excluding carboxylic acids is 2. The summed E-state index contributed by atoms with van der Waals surface area (Å²) >= 11 is 0. The molecule has 2 aromatic carbocycles. The van der Waals surface area contributed by atoms with Gasteiger partial charge >= 0.3 is 0 Å². The average molecular weight is 386 g/mol. The SMILES string of the molecule is CCN(C(=O)c1cccc(C(=O)Nc2ccccc2)c1)C1CCS(=O)(=O)C1. The largest absolute Gasteiger partial charge is 0.335 e. The molecule has 3 rings (SSSR count). The molecule has 6 nitrogen and oxygen atoms in total. The number of carbonyl (C=O) groups is 2. The number of hydrogen-bond donors (Lipinski definition) is 1. The molecule has 2 aromatic rings. The summed E-state index contributed by atoms with van der Waals surface area (Å²) in [5.74, 6) is -0.446. The van der Waals surface area contributed by atoms with E-state index in [1.807, 2.05) is 25.1 Å². The van der Waals surface area contributed by atoms with Crippen molar-refractivity contribution in [1.82, 2.24) is 4.90 Å². The van der Waals surface area contributed by atoms with Crippen LogP contribution in [0.25, 0.3) is 0 Å². The van der Waals surface area contributed by atoms with Crippen molar-refractivity contribution in [1.29, 1.82) is 0 Å². The Labute approximate surface area is 159 Å². The van der Waals surface area contributed by atoms with Crippen molar-refractivity contribution >= 4 is 27.3 Å². The van der Waals surface area contributed by atoms with Crippen LogP contribution in [0.4, 0.5) is 5.69 Å².